The normalized spacial score (nSPS) is 23.0. The first-order valence-electron chi connectivity index (χ1n) is 8.63. The molecule has 0 aliphatic carbocycles. The molecule has 0 aromatic heterocycles. The Bertz CT molecular complexity index is 544. The van der Waals surface area contributed by atoms with Gasteiger partial charge in [-0.2, -0.15) is 0 Å². The number of ether oxygens (including phenoxy) is 1. The third kappa shape index (κ3) is 4.23. The van der Waals surface area contributed by atoms with E-state index in [9.17, 15) is 4.79 Å². The van der Waals surface area contributed by atoms with Gasteiger partial charge in [-0.1, -0.05) is 12.1 Å². The number of thioether (sulfide) groups is 1. The standard InChI is InChI=1S/C18H27N3O2S/c1-19-10-12-20(13-11-19)8-3-9-21-17(22)14-24-18(21)15-4-6-16(23-2)7-5-15/h4-7,18H,3,8-14H2,1-2H3. The van der Waals surface area contributed by atoms with Crippen LogP contribution in [-0.4, -0.2) is 79.8 Å². The van der Waals surface area contributed by atoms with Crippen molar-refractivity contribution >= 4 is 17.7 Å². The van der Waals surface area contributed by atoms with Crippen molar-refractivity contribution in [1.82, 2.24) is 14.7 Å². The van der Waals surface area contributed by atoms with Gasteiger partial charge in [0.15, 0.2) is 0 Å². The molecule has 1 aromatic carbocycles. The average molecular weight is 350 g/mol. The molecule has 2 saturated heterocycles. The zero-order valence-corrected chi connectivity index (χ0v) is 15.4. The number of carbonyl (C=O) groups is 1. The third-order valence-electron chi connectivity index (χ3n) is 4.84. The predicted octanol–water partition coefficient (Wildman–Crippen LogP) is 1.91. The van der Waals surface area contributed by atoms with Gasteiger partial charge in [0.25, 0.3) is 0 Å². The summed E-state index contributed by atoms with van der Waals surface area (Å²) in [6, 6.07) is 8.09. The molecular formula is C18H27N3O2S. The Labute approximate surface area is 148 Å². The van der Waals surface area contributed by atoms with Crippen molar-refractivity contribution < 1.29 is 9.53 Å². The fourth-order valence-corrected chi connectivity index (χ4v) is 4.50. The first-order chi connectivity index (χ1) is 11.7. The molecule has 6 heteroatoms. The van der Waals surface area contributed by atoms with Crippen LogP contribution in [-0.2, 0) is 4.79 Å². The number of hydrogen-bond donors (Lipinski definition) is 0. The summed E-state index contributed by atoms with van der Waals surface area (Å²) in [6.07, 6.45) is 1.04. The van der Waals surface area contributed by atoms with E-state index in [0.29, 0.717) is 5.75 Å². The van der Waals surface area contributed by atoms with Crippen LogP contribution in [0.2, 0.25) is 0 Å². The van der Waals surface area contributed by atoms with E-state index in [2.05, 4.69) is 29.0 Å². The molecule has 1 unspecified atom stereocenters. The van der Waals surface area contributed by atoms with Crippen LogP contribution in [0.5, 0.6) is 5.75 Å². The van der Waals surface area contributed by atoms with Gasteiger partial charge in [-0.25, -0.2) is 0 Å². The molecule has 2 aliphatic heterocycles. The minimum atomic E-state index is 0.149. The summed E-state index contributed by atoms with van der Waals surface area (Å²) in [7, 11) is 3.85. The maximum absolute atomic E-state index is 12.3. The van der Waals surface area contributed by atoms with E-state index in [1.807, 2.05) is 17.0 Å². The number of amides is 1. The lowest BCUT2D eigenvalue weighted by atomic mass is 10.2. The largest absolute Gasteiger partial charge is 0.497 e. The molecule has 1 atom stereocenters. The summed E-state index contributed by atoms with van der Waals surface area (Å²) in [5, 5.41) is 0.149. The second-order valence-corrected chi connectivity index (χ2v) is 7.59. The topological polar surface area (TPSA) is 36.0 Å². The maximum atomic E-state index is 12.3. The van der Waals surface area contributed by atoms with Crippen molar-refractivity contribution in [3.8, 4) is 5.75 Å². The lowest BCUT2D eigenvalue weighted by Crippen LogP contribution is -2.45. The number of hydrogen-bond acceptors (Lipinski definition) is 5. The summed E-state index contributed by atoms with van der Waals surface area (Å²) in [5.41, 5.74) is 1.19. The smallest absolute Gasteiger partial charge is 0.233 e. The Morgan fingerprint density at radius 1 is 1.12 bits per heavy atom. The van der Waals surface area contributed by atoms with Crippen molar-refractivity contribution in [3.63, 3.8) is 0 Å². The number of rotatable bonds is 6. The second-order valence-electron chi connectivity index (χ2n) is 6.52. The minimum Gasteiger partial charge on any atom is -0.497 e. The van der Waals surface area contributed by atoms with Crippen LogP contribution < -0.4 is 4.74 Å². The molecular weight excluding hydrogens is 322 g/mol. The summed E-state index contributed by atoms with van der Waals surface area (Å²) in [5.74, 6) is 1.71. The van der Waals surface area contributed by atoms with E-state index in [4.69, 9.17) is 4.74 Å². The highest BCUT2D eigenvalue weighted by Gasteiger charge is 2.32. The Morgan fingerprint density at radius 2 is 1.83 bits per heavy atom. The highest BCUT2D eigenvalue weighted by atomic mass is 32.2. The van der Waals surface area contributed by atoms with Crippen LogP contribution in [0.25, 0.3) is 0 Å². The molecule has 3 rings (SSSR count). The molecule has 0 saturated carbocycles. The van der Waals surface area contributed by atoms with Crippen LogP contribution in [0.1, 0.15) is 17.4 Å². The van der Waals surface area contributed by atoms with Gasteiger partial charge in [0.1, 0.15) is 11.1 Å². The van der Waals surface area contributed by atoms with E-state index in [0.717, 1.165) is 51.4 Å². The first kappa shape index (κ1) is 17.6. The van der Waals surface area contributed by atoms with E-state index < -0.39 is 0 Å². The van der Waals surface area contributed by atoms with E-state index >= 15 is 0 Å². The van der Waals surface area contributed by atoms with Gasteiger partial charge in [0, 0.05) is 32.7 Å². The minimum absolute atomic E-state index is 0.149. The number of methoxy groups -OCH3 is 1. The summed E-state index contributed by atoms with van der Waals surface area (Å²) >= 11 is 1.73. The summed E-state index contributed by atoms with van der Waals surface area (Å²) in [6.45, 7) is 6.49. The fraction of sp³-hybridized carbons (Fsp3) is 0.611. The number of likely N-dealkylation sites (N-methyl/N-ethyl adjacent to an activating group) is 1. The van der Waals surface area contributed by atoms with Gasteiger partial charge in [0.05, 0.1) is 12.9 Å². The second kappa shape index (κ2) is 8.23. The van der Waals surface area contributed by atoms with E-state index in [-0.39, 0.29) is 11.3 Å². The predicted molar refractivity (Wildman–Crippen MR) is 98.5 cm³/mol. The number of piperazine rings is 1. The molecule has 2 aliphatic rings. The number of benzene rings is 1. The molecule has 5 nitrogen and oxygen atoms in total. The number of nitrogens with zero attached hydrogens (tertiary/aromatic N) is 3. The molecule has 1 amide bonds. The Hall–Kier alpha value is -1.24. The average Bonchev–Trinajstić information content (AvgIpc) is 2.98. The lowest BCUT2D eigenvalue weighted by Gasteiger charge is -2.33. The first-order valence-corrected chi connectivity index (χ1v) is 9.68. The lowest BCUT2D eigenvalue weighted by molar-refractivity contribution is -0.128. The van der Waals surface area contributed by atoms with Crippen molar-refractivity contribution in [1.29, 1.82) is 0 Å². The van der Waals surface area contributed by atoms with Gasteiger partial charge in [0.2, 0.25) is 5.91 Å². The zero-order chi connectivity index (χ0) is 16.9. The molecule has 132 valence electrons. The van der Waals surface area contributed by atoms with Gasteiger partial charge >= 0.3 is 0 Å². The Kier molecular flexibility index (Phi) is 6.03. The van der Waals surface area contributed by atoms with Gasteiger partial charge < -0.3 is 19.4 Å². The van der Waals surface area contributed by atoms with E-state index in [1.165, 1.54) is 5.56 Å². The van der Waals surface area contributed by atoms with Gasteiger partial charge in [-0.05, 0) is 37.7 Å². The summed E-state index contributed by atoms with van der Waals surface area (Å²) < 4.78 is 5.22. The zero-order valence-electron chi connectivity index (χ0n) is 14.6. The molecule has 2 heterocycles. The van der Waals surface area contributed by atoms with Crippen molar-refractivity contribution in [2.24, 2.45) is 0 Å². The van der Waals surface area contributed by atoms with Crippen LogP contribution in [0.3, 0.4) is 0 Å². The SMILES string of the molecule is COc1ccc(C2SCC(=O)N2CCCN2CCN(C)CC2)cc1. The fourth-order valence-electron chi connectivity index (χ4n) is 3.28. The molecule has 1 aromatic rings. The van der Waals surface area contributed by atoms with Crippen molar-refractivity contribution in [2.75, 3.05) is 59.2 Å². The Morgan fingerprint density at radius 3 is 2.50 bits per heavy atom. The van der Waals surface area contributed by atoms with Crippen molar-refractivity contribution in [3.05, 3.63) is 29.8 Å². The van der Waals surface area contributed by atoms with E-state index in [1.54, 1.807) is 18.9 Å². The van der Waals surface area contributed by atoms with Crippen LogP contribution in [0.15, 0.2) is 24.3 Å². The van der Waals surface area contributed by atoms with Crippen molar-refractivity contribution in [2.45, 2.75) is 11.8 Å². The summed E-state index contributed by atoms with van der Waals surface area (Å²) in [4.78, 5) is 19.2. The molecule has 24 heavy (non-hydrogen) atoms. The third-order valence-corrected chi connectivity index (χ3v) is 6.09. The molecule has 0 spiro atoms. The quantitative estimate of drug-likeness (QED) is 0.784. The monoisotopic (exact) mass is 349 g/mol. The molecule has 2 fully saturated rings. The molecule has 0 N–H and O–H groups in total. The Balaban J connectivity index is 1.53. The van der Waals surface area contributed by atoms with Crippen LogP contribution in [0.4, 0.5) is 0 Å². The van der Waals surface area contributed by atoms with Gasteiger partial charge in [-0.15, -0.1) is 11.8 Å². The van der Waals surface area contributed by atoms with Gasteiger partial charge in [-0.3, -0.25) is 4.79 Å². The molecule has 0 bridgehead atoms. The highest BCUT2D eigenvalue weighted by Crippen LogP contribution is 2.39. The highest BCUT2D eigenvalue weighted by molar-refractivity contribution is 8.00. The number of carbonyl (C=O) groups excluding carboxylic acids is 1. The molecule has 0 radical (unpaired) electrons. The van der Waals surface area contributed by atoms with Crippen LogP contribution >= 0.6 is 11.8 Å². The van der Waals surface area contributed by atoms with Crippen LogP contribution in [0, 0.1) is 0 Å². The maximum Gasteiger partial charge on any atom is 0.233 e.